The molecule has 2 rings (SSSR count). The second-order valence-corrected chi connectivity index (χ2v) is 5.39. The number of hydrogen-bond acceptors (Lipinski definition) is 2. The van der Waals surface area contributed by atoms with Crippen molar-refractivity contribution in [3.63, 3.8) is 0 Å². The van der Waals surface area contributed by atoms with Crippen LogP contribution in [0.4, 0.5) is 5.69 Å². The van der Waals surface area contributed by atoms with Gasteiger partial charge in [0.25, 0.3) is 5.91 Å². The van der Waals surface area contributed by atoms with Crippen LogP contribution in [0.2, 0.25) is 0 Å². The number of carbonyl (C=O) groups is 1. The van der Waals surface area contributed by atoms with E-state index in [0.29, 0.717) is 0 Å². The molecule has 0 radical (unpaired) electrons. The van der Waals surface area contributed by atoms with E-state index in [9.17, 15) is 4.79 Å². The van der Waals surface area contributed by atoms with Gasteiger partial charge >= 0.3 is 0 Å². The fraction of sp³-hybridized carbons (Fsp3) is 0.188. The van der Waals surface area contributed by atoms with E-state index in [4.69, 9.17) is 0 Å². The molecule has 20 heavy (non-hydrogen) atoms. The normalized spacial score (nSPS) is 10.3. The molecule has 0 fully saturated rings. The van der Waals surface area contributed by atoms with Gasteiger partial charge in [-0.3, -0.25) is 4.79 Å². The summed E-state index contributed by atoms with van der Waals surface area (Å²) in [5.74, 6) is -0.0703. The Balaban J connectivity index is 2.14. The molecule has 0 heterocycles. The van der Waals surface area contributed by atoms with Gasteiger partial charge in [0.05, 0.1) is 0 Å². The topological polar surface area (TPSA) is 41.1 Å². The van der Waals surface area contributed by atoms with Gasteiger partial charge in [0.15, 0.2) is 0 Å². The van der Waals surface area contributed by atoms with Crippen LogP contribution in [0, 0.1) is 0 Å². The Morgan fingerprint density at radius 3 is 2.50 bits per heavy atom. The van der Waals surface area contributed by atoms with Crippen molar-refractivity contribution in [1.82, 2.24) is 5.32 Å². The van der Waals surface area contributed by atoms with Crippen molar-refractivity contribution >= 4 is 27.5 Å². The molecule has 3 nitrogen and oxygen atoms in total. The molecule has 0 unspecified atom stereocenters. The second-order valence-electron chi connectivity index (χ2n) is 4.47. The molecule has 1 amide bonds. The zero-order chi connectivity index (χ0) is 14.4. The maximum Gasteiger partial charge on any atom is 0.255 e. The minimum absolute atomic E-state index is 0.0703. The highest BCUT2D eigenvalue weighted by Crippen LogP contribution is 2.16. The summed E-state index contributed by atoms with van der Waals surface area (Å²) in [5, 5.41) is 6.02. The van der Waals surface area contributed by atoms with Crippen molar-refractivity contribution in [3.05, 3.63) is 64.1 Å². The Labute approximate surface area is 127 Å². The number of hydrogen-bond donors (Lipinski definition) is 2. The molecule has 0 aliphatic rings. The molecule has 0 bridgehead atoms. The monoisotopic (exact) mass is 332 g/mol. The summed E-state index contributed by atoms with van der Waals surface area (Å²) in [7, 11) is 1.91. The molecule has 2 aromatic rings. The quantitative estimate of drug-likeness (QED) is 0.880. The lowest BCUT2D eigenvalue weighted by Gasteiger charge is -2.10. The molecule has 4 heteroatoms. The maximum atomic E-state index is 12.3. The van der Waals surface area contributed by atoms with Crippen LogP contribution < -0.4 is 10.6 Å². The minimum Gasteiger partial charge on any atom is -0.322 e. The Kier molecular flexibility index (Phi) is 5.32. The molecule has 0 aliphatic heterocycles. The van der Waals surface area contributed by atoms with Crippen molar-refractivity contribution in [1.29, 1.82) is 0 Å². The lowest BCUT2D eigenvalue weighted by molar-refractivity contribution is 0.102. The molecule has 0 aliphatic carbocycles. The van der Waals surface area contributed by atoms with E-state index < -0.39 is 0 Å². The Bertz CT molecular complexity index is 581. The third-order valence-electron chi connectivity index (χ3n) is 3.01. The second kappa shape index (κ2) is 7.22. The molecule has 2 aromatic carbocycles. The van der Waals surface area contributed by atoms with Gasteiger partial charge in [-0.25, -0.2) is 0 Å². The highest BCUT2D eigenvalue weighted by molar-refractivity contribution is 9.10. The Morgan fingerprint density at radius 1 is 1.10 bits per heavy atom. The van der Waals surface area contributed by atoms with Crippen LogP contribution in [-0.4, -0.2) is 19.5 Å². The summed E-state index contributed by atoms with van der Waals surface area (Å²) >= 11 is 3.38. The predicted molar refractivity (Wildman–Crippen MR) is 86.2 cm³/mol. The average molecular weight is 333 g/mol. The van der Waals surface area contributed by atoms with Crippen molar-refractivity contribution in [2.75, 3.05) is 18.9 Å². The third kappa shape index (κ3) is 3.92. The Morgan fingerprint density at radius 2 is 1.80 bits per heavy atom. The van der Waals surface area contributed by atoms with E-state index in [1.807, 2.05) is 55.6 Å². The summed E-state index contributed by atoms with van der Waals surface area (Å²) in [6, 6.07) is 15.3. The van der Waals surface area contributed by atoms with Crippen molar-refractivity contribution in [2.45, 2.75) is 6.42 Å². The molecular formula is C16H17BrN2O. The standard InChI is InChI=1S/C16H17BrN2O/c1-18-11-10-12-4-2-3-5-15(12)16(20)19-14-8-6-13(17)7-9-14/h2-9,18H,10-11H2,1H3,(H,19,20). The summed E-state index contributed by atoms with van der Waals surface area (Å²) in [6.45, 7) is 0.850. The lowest BCUT2D eigenvalue weighted by Crippen LogP contribution is -2.17. The zero-order valence-corrected chi connectivity index (χ0v) is 12.9. The summed E-state index contributed by atoms with van der Waals surface area (Å²) in [5.41, 5.74) is 2.57. The van der Waals surface area contributed by atoms with Gasteiger partial charge in [0, 0.05) is 15.7 Å². The smallest absolute Gasteiger partial charge is 0.255 e. The number of likely N-dealkylation sites (N-methyl/N-ethyl adjacent to an activating group) is 1. The number of carbonyl (C=O) groups excluding carboxylic acids is 1. The molecule has 0 saturated carbocycles. The molecule has 0 saturated heterocycles. The number of benzene rings is 2. The summed E-state index contributed by atoms with van der Waals surface area (Å²) in [4.78, 5) is 12.3. The van der Waals surface area contributed by atoms with Crippen LogP contribution in [0.15, 0.2) is 53.0 Å². The fourth-order valence-electron chi connectivity index (χ4n) is 1.95. The van der Waals surface area contributed by atoms with Crippen LogP contribution in [0.25, 0.3) is 0 Å². The van der Waals surface area contributed by atoms with E-state index in [2.05, 4.69) is 26.6 Å². The number of amides is 1. The van der Waals surface area contributed by atoms with Gasteiger partial charge < -0.3 is 10.6 Å². The number of nitrogens with one attached hydrogen (secondary N) is 2. The first-order chi connectivity index (χ1) is 9.70. The molecule has 2 N–H and O–H groups in total. The van der Waals surface area contributed by atoms with Gasteiger partial charge in [0.2, 0.25) is 0 Å². The first kappa shape index (κ1) is 14.8. The number of anilines is 1. The van der Waals surface area contributed by atoms with Gasteiger partial charge in [0.1, 0.15) is 0 Å². The van der Waals surface area contributed by atoms with Crippen molar-refractivity contribution in [3.8, 4) is 0 Å². The molecule has 0 aromatic heterocycles. The van der Waals surface area contributed by atoms with Gasteiger partial charge in [-0.05, 0) is 55.9 Å². The number of rotatable bonds is 5. The SMILES string of the molecule is CNCCc1ccccc1C(=O)Nc1ccc(Br)cc1. The molecular weight excluding hydrogens is 316 g/mol. The van der Waals surface area contributed by atoms with Crippen LogP contribution >= 0.6 is 15.9 Å². The Hall–Kier alpha value is -1.65. The summed E-state index contributed by atoms with van der Waals surface area (Å²) < 4.78 is 0.991. The first-order valence-electron chi connectivity index (χ1n) is 6.50. The molecule has 0 atom stereocenters. The first-order valence-corrected chi connectivity index (χ1v) is 7.29. The van der Waals surface area contributed by atoms with E-state index >= 15 is 0 Å². The zero-order valence-electron chi connectivity index (χ0n) is 11.3. The van der Waals surface area contributed by atoms with Gasteiger partial charge in [-0.15, -0.1) is 0 Å². The van der Waals surface area contributed by atoms with Crippen LogP contribution in [0.5, 0.6) is 0 Å². The lowest BCUT2D eigenvalue weighted by atomic mass is 10.0. The predicted octanol–water partition coefficient (Wildman–Crippen LogP) is 3.46. The minimum atomic E-state index is -0.0703. The van der Waals surface area contributed by atoms with Gasteiger partial charge in [-0.1, -0.05) is 34.1 Å². The van der Waals surface area contributed by atoms with E-state index in [1.165, 1.54) is 0 Å². The number of halogens is 1. The van der Waals surface area contributed by atoms with E-state index in [1.54, 1.807) is 0 Å². The van der Waals surface area contributed by atoms with Gasteiger partial charge in [-0.2, -0.15) is 0 Å². The van der Waals surface area contributed by atoms with E-state index in [-0.39, 0.29) is 5.91 Å². The third-order valence-corrected chi connectivity index (χ3v) is 3.54. The van der Waals surface area contributed by atoms with E-state index in [0.717, 1.165) is 34.3 Å². The van der Waals surface area contributed by atoms with Crippen LogP contribution in [-0.2, 0) is 6.42 Å². The average Bonchev–Trinajstić information content (AvgIpc) is 2.47. The molecule has 104 valence electrons. The van der Waals surface area contributed by atoms with Crippen LogP contribution in [0.1, 0.15) is 15.9 Å². The summed E-state index contributed by atoms with van der Waals surface area (Å²) in [6.07, 6.45) is 0.834. The highest BCUT2D eigenvalue weighted by Gasteiger charge is 2.10. The van der Waals surface area contributed by atoms with Crippen LogP contribution in [0.3, 0.4) is 0 Å². The highest BCUT2D eigenvalue weighted by atomic mass is 79.9. The van der Waals surface area contributed by atoms with Crippen molar-refractivity contribution in [2.24, 2.45) is 0 Å². The van der Waals surface area contributed by atoms with Crippen molar-refractivity contribution < 1.29 is 4.79 Å². The maximum absolute atomic E-state index is 12.3. The molecule has 0 spiro atoms. The largest absolute Gasteiger partial charge is 0.322 e. The fourth-order valence-corrected chi connectivity index (χ4v) is 2.22.